The van der Waals surface area contributed by atoms with Crippen molar-refractivity contribution < 1.29 is 29.3 Å². The smallest absolute Gasteiger partial charge is 0.194 e. The van der Waals surface area contributed by atoms with Gasteiger partial charge in [0.05, 0.1) is 23.0 Å². The number of aromatic hydroxyl groups is 2. The molecule has 1 aromatic carbocycles. The minimum atomic E-state index is -1.57. The third-order valence-corrected chi connectivity index (χ3v) is 5.86. The molecule has 2 heterocycles. The minimum absolute atomic E-state index is 0.0209. The second-order valence-electron chi connectivity index (χ2n) is 7.99. The first-order valence-electron chi connectivity index (χ1n) is 9.77. The van der Waals surface area contributed by atoms with E-state index in [9.17, 15) is 24.6 Å². The molecule has 1 aromatic heterocycles. The molecular weight excluding hydrogens is 414 g/mol. The van der Waals surface area contributed by atoms with Crippen molar-refractivity contribution in [3.05, 3.63) is 58.1 Å². The molecule has 2 aliphatic rings. The summed E-state index contributed by atoms with van der Waals surface area (Å²) in [6.45, 7) is 5.73. The molecule has 0 spiro atoms. The Kier molecular flexibility index (Phi) is 4.58. The summed E-state index contributed by atoms with van der Waals surface area (Å²) in [5, 5.41) is 24.1. The summed E-state index contributed by atoms with van der Waals surface area (Å²) in [5.41, 5.74) is 4.57. The van der Waals surface area contributed by atoms with Crippen LogP contribution in [0.3, 0.4) is 0 Å². The first-order valence-corrected chi connectivity index (χ1v) is 9.77. The van der Waals surface area contributed by atoms with Crippen LogP contribution in [0.1, 0.15) is 42.3 Å². The van der Waals surface area contributed by atoms with Crippen LogP contribution in [-0.2, 0) is 15.0 Å². The van der Waals surface area contributed by atoms with E-state index in [1.165, 1.54) is 27.0 Å². The number of rotatable bonds is 3. The summed E-state index contributed by atoms with van der Waals surface area (Å²) in [6, 6.07) is 3.22. The molecule has 2 aromatic rings. The molecule has 0 amide bonds. The summed E-state index contributed by atoms with van der Waals surface area (Å²) >= 11 is 0. The number of aromatic nitrogens is 1. The van der Waals surface area contributed by atoms with Gasteiger partial charge in [0.2, 0.25) is 0 Å². The summed E-state index contributed by atoms with van der Waals surface area (Å²) in [5.74, 6) is -2.29. The Labute approximate surface area is 183 Å². The quantitative estimate of drug-likeness (QED) is 0.324. The van der Waals surface area contributed by atoms with E-state index in [-0.39, 0.29) is 45.2 Å². The average molecular weight is 435 g/mol. The van der Waals surface area contributed by atoms with Crippen LogP contribution in [0.2, 0.25) is 0 Å². The molecule has 9 heteroatoms. The number of pyridine rings is 1. The summed E-state index contributed by atoms with van der Waals surface area (Å²) in [7, 11) is 0. The number of carbonyl (C=O) groups is 3. The zero-order chi connectivity index (χ0) is 23.5. The number of ether oxygens (including phenoxy) is 1. The zero-order valence-corrected chi connectivity index (χ0v) is 17.9. The first-order chi connectivity index (χ1) is 15.0. The molecule has 164 valence electrons. The number of fused-ring (bicyclic) bond motifs is 3. The number of nitrogen functional groups attached to an aromatic ring is 1. The lowest BCUT2D eigenvalue weighted by molar-refractivity contribution is -0.123. The summed E-state index contributed by atoms with van der Waals surface area (Å²) in [6.07, 6.45) is 2.59. The van der Waals surface area contributed by atoms with Crippen molar-refractivity contribution >= 4 is 28.9 Å². The van der Waals surface area contributed by atoms with Gasteiger partial charge in [-0.15, -0.1) is 0 Å². The fraction of sp³-hybridized carbons (Fsp3) is 0.217. The van der Waals surface area contributed by atoms with Crippen LogP contribution in [0.5, 0.6) is 17.2 Å². The predicted octanol–water partition coefficient (Wildman–Crippen LogP) is 2.66. The second kappa shape index (κ2) is 6.94. The lowest BCUT2D eigenvalue weighted by atomic mass is 9.70. The van der Waals surface area contributed by atoms with Gasteiger partial charge < -0.3 is 26.0 Å². The van der Waals surface area contributed by atoms with Crippen molar-refractivity contribution in [2.24, 2.45) is 0 Å². The maximum Gasteiger partial charge on any atom is 0.194 e. The third kappa shape index (κ3) is 2.78. The SMILES string of the molecule is CC(=O)c1c(O)c(C)c(O)c2c1OC1=CC(=O)/C(=C(/C)Nc3ccc(N)cn3)C(=O)[C@@]12C. The third-order valence-electron chi connectivity index (χ3n) is 5.86. The maximum absolute atomic E-state index is 13.7. The first kappa shape index (κ1) is 21.1. The highest BCUT2D eigenvalue weighted by atomic mass is 16.5. The Hall–Kier alpha value is -4.14. The molecule has 5 N–H and O–H groups in total. The van der Waals surface area contributed by atoms with Crippen LogP contribution < -0.4 is 15.8 Å². The fourth-order valence-electron chi connectivity index (χ4n) is 4.10. The van der Waals surface area contributed by atoms with E-state index in [1.807, 2.05) is 0 Å². The molecule has 0 fully saturated rings. The van der Waals surface area contributed by atoms with Gasteiger partial charge in [0.15, 0.2) is 17.3 Å². The number of Topliss-reactive ketones (excluding diaryl/α,β-unsaturated/α-hetero) is 2. The molecule has 1 atom stereocenters. The van der Waals surface area contributed by atoms with E-state index >= 15 is 0 Å². The van der Waals surface area contributed by atoms with Crippen LogP contribution in [0, 0.1) is 6.92 Å². The number of benzene rings is 1. The largest absolute Gasteiger partial charge is 0.507 e. The van der Waals surface area contributed by atoms with Crippen molar-refractivity contribution in [2.75, 3.05) is 11.1 Å². The highest BCUT2D eigenvalue weighted by Gasteiger charge is 2.56. The molecule has 1 aliphatic carbocycles. The lowest BCUT2D eigenvalue weighted by Gasteiger charge is -2.29. The molecule has 0 unspecified atom stereocenters. The van der Waals surface area contributed by atoms with Crippen LogP contribution >= 0.6 is 0 Å². The Morgan fingerprint density at radius 3 is 2.47 bits per heavy atom. The van der Waals surface area contributed by atoms with Crippen LogP contribution in [-0.4, -0.2) is 32.5 Å². The number of ketones is 3. The topological polar surface area (TPSA) is 152 Å². The number of nitrogens with zero attached hydrogens (tertiary/aromatic N) is 1. The molecule has 0 saturated heterocycles. The second-order valence-corrected chi connectivity index (χ2v) is 7.99. The minimum Gasteiger partial charge on any atom is -0.507 e. The Bertz CT molecular complexity index is 1290. The van der Waals surface area contributed by atoms with Gasteiger partial charge in [0.25, 0.3) is 0 Å². The van der Waals surface area contributed by atoms with Gasteiger partial charge in [-0.05, 0) is 39.8 Å². The number of carbonyl (C=O) groups excluding carboxylic acids is 3. The standard InChI is InChI=1S/C23H21N3O6/c1-9-19(29)17(11(3)27)21-18(20(9)30)23(4)14(32-21)7-13(28)16(22(23)31)10(2)26-15-6-5-12(24)8-25-15/h5-8,29-30H,24H2,1-4H3,(H,25,26)/b16-10+/t23-/m0/s1. The van der Waals surface area contributed by atoms with Crippen molar-refractivity contribution in [1.29, 1.82) is 0 Å². The van der Waals surface area contributed by atoms with E-state index in [1.54, 1.807) is 19.1 Å². The molecule has 32 heavy (non-hydrogen) atoms. The number of allylic oxidation sites excluding steroid dienone is 4. The number of phenols is 2. The monoisotopic (exact) mass is 435 g/mol. The molecular formula is C23H21N3O6. The van der Waals surface area contributed by atoms with Gasteiger partial charge in [0, 0.05) is 17.3 Å². The average Bonchev–Trinajstić information content (AvgIpc) is 3.01. The van der Waals surface area contributed by atoms with Crippen LogP contribution in [0.25, 0.3) is 0 Å². The van der Waals surface area contributed by atoms with E-state index in [0.29, 0.717) is 11.5 Å². The van der Waals surface area contributed by atoms with E-state index in [2.05, 4.69) is 10.3 Å². The summed E-state index contributed by atoms with van der Waals surface area (Å²) < 4.78 is 5.73. The number of hydrogen-bond donors (Lipinski definition) is 4. The van der Waals surface area contributed by atoms with Crippen LogP contribution in [0.4, 0.5) is 11.5 Å². The number of nitrogens with two attached hydrogens (primary N) is 1. The molecule has 1 aliphatic heterocycles. The normalized spacial score (nSPS) is 20.8. The van der Waals surface area contributed by atoms with Crippen molar-refractivity contribution in [3.63, 3.8) is 0 Å². The molecule has 9 nitrogen and oxygen atoms in total. The van der Waals surface area contributed by atoms with E-state index in [0.717, 1.165) is 6.08 Å². The lowest BCUT2D eigenvalue weighted by Crippen LogP contribution is -2.40. The number of phenolic OH excluding ortho intramolecular Hbond substituents is 2. The number of hydrogen-bond acceptors (Lipinski definition) is 9. The van der Waals surface area contributed by atoms with Crippen molar-refractivity contribution in [3.8, 4) is 17.2 Å². The Morgan fingerprint density at radius 1 is 1.19 bits per heavy atom. The van der Waals surface area contributed by atoms with Crippen LogP contribution in [0.15, 0.2) is 41.4 Å². The van der Waals surface area contributed by atoms with Crippen molar-refractivity contribution in [2.45, 2.75) is 33.1 Å². The molecule has 0 bridgehead atoms. The van der Waals surface area contributed by atoms with E-state index < -0.39 is 28.5 Å². The van der Waals surface area contributed by atoms with Gasteiger partial charge in [-0.2, -0.15) is 0 Å². The Balaban J connectivity index is 1.91. The molecule has 0 saturated carbocycles. The predicted molar refractivity (Wildman–Crippen MR) is 116 cm³/mol. The van der Waals surface area contributed by atoms with Gasteiger partial charge in [-0.1, -0.05) is 0 Å². The highest BCUT2D eigenvalue weighted by Crippen LogP contribution is 2.57. The zero-order valence-electron chi connectivity index (χ0n) is 17.9. The van der Waals surface area contributed by atoms with Gasteiger partial charge in [0.1, 0.15) is 39.8 Å². The summed E-state index contributed by atoms with van der Waals surface area (Å²) in [4.78, 5) is 42.9. The van der Waals surface area contributed by atoms with Crippen molar-refractivity contribution in [1.82, 2.24) is 4.98 Å². The van der Waals surface area contributed by atoms with Gasteiger partial charge in [-0.3, -0.25) is 14.4 Å². The van der Waals surface area contributed by atoms with Gasteiger partial charge in [-0.25, -0.2) is 4.98 Å². The fourth-order valence-corrected chi connectivity index (χ4v) is 4.10. The Morgan fingerprint density at radius 2 is 1.88 bits per heavy atom. The van der Waals surface area contributed by atoms with E-state index in [4.69, 9.17) is 10.5 Å². The molecule has 4 rings (SSSR count). The molecule has 0 radical (unpaired) electrons. The number of nitrogens with one attached hydrogen (secondary N) is 1. The maximum atomic E-state index is 13.7. The van der Waals surface area contributed by atoms with Gasteiger partial charge >= 0.3 is 0 Å². The number of anilines is 2. The highest BCUT2D eigenvalue weighted by molar-refractivity contribution is 6.31.